The van der Waals surface area contributed by atoms with Crippen molar-refractivity contribution in [3.05, 3.63) is 0 Å². The molecule has 52 valence electrons. The van der Waals surface area contributed by atoms with E-state index in [0.29, 0.717) is 6.73 Å². The van der Waals surface area contributed by atoms with Crippen molar-refractivity contribution in [1.82, 2.24) is 10.8 Å². The molecule has 2 fully saturated rings. The van der Waals surface area contributed by atoms with Crippen LogP contribution in [0.25, 0.3) is 0 Å². The average Bonchev–Trinajstić information content (AvgIpc) is 2.45. The molecule has 2 rings (SSSR count). The number of hydrogen-bond donors (Lipinski definition) is 2. The Kier molecular flexibility index (Phi) is 1.19. The highest BCUT2D eigenvalue weighted by Gasteiger charge is 2.39. The van der Waals surface area contributed by atoms with Crippen LogP contribution in [0.3, 0.4) is 0 Å². The number of rotatable bonds is 0. The number of ether oxygens (including phenoxy) is 1. The molecule has 0 aromatic carbocycles. The SMILES string of the molecule is C1C[C@@]2(CN1)OCNO2. The summed E-state index contributed by atoms with van der Waals surface area (Å²) in [6.07, 6.45) is 0.944. The molecule has 1 atom stereocenters. The molecule has 2 aliphatic rings. The smallest absolute Gasteiger partial charge is 0.202 e. The van der Waals surface area contributed by atoms with Crippen LogP contribution in [0.15, 0.2) is 0 Å². The lowest BCUT2D eigenvalue weighted by Gasteiger charge is -2.16. The minimum atomic E-state index is -0.333. The summed E-state index contributed by atoms with van der Waals surface area (Å²) >= 11 is 0. The second-order valence-corrected chi connectivity index (χ2v) is 2.37. The Bertz CT molecular complexity index is 88.0. The van der Waals surface area contributed by atoms with Gasteiger partial charge in [0.15, 0.2) is 0 Å². The zero-order chi connectivity index (χ0) is 6.16. The molecule has 0 saturated carbocycles. The first-order valence-corrected chi connectivity index (χ1v) is 3.17. The lowest BCUT2D eigenvalue weighted by atomic mass is 10.2. The Hall–Kier alpha value is -0.160. The molecule has 0 aromatic rings. The highest BCUT2D eigenvalue weighted by molar-refractivity contribution is 4.81. The van der Waals surface area contributed by atoms with Crippen LogP contribution < -0.4 is 10.8 Å². The van der Waals surface area contributed by atoms with Gasteiger partial charge in [0.2, 0.25) is 5.79 Å². The lowest BCUT2D eigenvalue weighted by Crippen LogP contribution is -2.33. The summed E-state index contributed by atoms with van der Waals surface area (Å²) < 4.78 is 5.31. The van der Waals surface area contributed by atoms with Crippen molar-refractivity contribution in [2.45, 2.75) is 12.2 Å². The topological polar surface area (TPSA) is 42.5 Å². The molecule has 0 unspecified atom stereocenters. The lowest BCUT2D eigenvalue weighted by molar-refractivity contribution is -0.156. The Morgan fingerprint density at radius 2 is 2.44 bits per heavy atom. The minimum absolute atomic E-state index is 0.333. The van der Waals surface area contributed by atoms with Gasteiger partial charge in [-0.05, 0) is 0 Å². The predicted octanol–water partition coefficient (Wildman–Crippen LogP) is -0.815. The van der Waals surface area contributed by atoms with Gasteiger partial charge in [-0.3, -0.25) is 4.84 Å². The third-order valence-corrected chi connectivity index (χ3v) is 1.73. The van der Waals surface area contributed by atoms with E-state index in [-0.39, 0.29) is 5.79 Å². The van der Waals surface area contributed by atoms with Crippen LogP contribution in [0.2, 0.25) is 0 Å². The Labute approximate surface area is 53.5 Å². The predicted molar refractivity (Wildman–Crippen MR) is 30.4 cm³/mol. The zero-order valence-electron chi connectivity index (χ0n) is 5.14. The van der Waals surface area contributed by atoms with Gasteiger partial charge in [-0.25, -0.2) is 0 Å². The monoisotopic (exact) mass is 130 g/mol. The molecule has 1 spiro atoms. The Morgan fingerprint density at radius 1 is 1.44 bits per heavy atom. The standard InChI is InChI=1S/C5H10N2O2/c1-2-6-3-5(1)8-4-7-9-5/h6-7H,1-4H2/t5-/m1/s1. The fraction of sp³-hybridized carbons (Fsp3) is 1.00. The van der Waals surface area contributed by atoms with Crippen LogP contribution in [0, 0.1) is 0 Å². The number of nitrogens with one attached hydrogen (secondary N) is 2. The highest BCUT2D eigenvalue weighted by atomic mass is 16.8. The van der Waals surface area contributed by atoms with Crippen LogP contribution in [0.4, 0.5) is 0 Å². The second-order valence-electron chi connectivity index (χ2n) is 2.37. The summed E-state index contributed by atoms with van der Waals surface area (Å²) in [5, 5.41) is 3.16. The van der Waals surface area contributed by atoms with Crippen molar-refractivity contribution in [2.24, 2.45) is 0 Å². The van der Waals surface area contributed by atoms with Crippen LogP contribution in [0.1, 0.15) is 6.42 Å². The highest BCUT2D eigenvalue weighted by Crippen LogP contribution is 2.22. The Morgan fingerprint density at radius 3 is 3.00 bits per heavy atom. The van der Waals surface area contributed by atoms with Crippen molar-refractivity contribution in [3.8, 4) is 0 Å². The van der Waals surface area contributed by atoms with Gasteiger partial charge in [-0.2, -0.15) is 5.48 Å². The molecule has 0 radical (unpaired) electrons. The zero-order valence-corrected chi connectivity index (χ0v) is 5.14. The van der Waals surface area contributed by atoms with Gasteiger partial charge >= 0.3 is 0 Å². The summed E-state index contributed by atoms with van der Waals surface area (Å²) in [7, 11) is 0. The van der Waals surface area contributed by atoms with E-state index in [2.05, 4.69) is 10.8 Å². The van der Waals surface area contributed by atoms with Gasteiger partial charge in [0, 0.05) is 13.0 Å². The molecule has 4 nitrogen and oxygen atoms in total. The molecular formula is C5H10N2O2. The molecule has 9 heavy (non-hydrogen) atoms. The van der Waals surface area contributed by atoms with E-state index in [0.717, 1.165) is 19.5 Å². The van der Waals surface area contributed by atoms with Crippen LogP contribution in [-0.2, 0) is 9.57 Å². The summed E-state index contributed by atoms with van der Waals surface area (Å²) in [5.41, 5.74) is 2.69. The van der Waals surface area contributed by atoms with Gasteiger partial charge in [0.05, 0.1) is 6.54 Å². The van der Waals surface area contributed by atoms with E-state index in [4.69, 9.17) is 9.57 Å². The van der Waals surface area contributed by atoms with Crippen molar-refractivity contribution in [1.29, 1.82) is 0 Å². The van der Waals surface area contributed by atoms with Gasteiger partial charge in [0.1, 0.15) is 6.73 Å². The maximum absolute atomic E-state index is 5.31. The van der Waals surface area contributed by atoms with Crippen LogP contribution in [-0.4, -0.2) is 25.6 Å². The summed E-state index contributed by atoms with van der Waals surface area (Å²) in [4.78, 5) is 5.17. The van der Waals surface area contributed by atoms with E-state index >= 15 is 0 Å². The Balaban J connectivity index is 2.04. The summed E-state index contributed by atoms with van der Waals surface area (Å²) in [5.74, 6) is -0.333. The third kappa shape index (κ3) is 0.840. The van der Waals surface area contributed by atoms with Crippen molar-refractivity contribution >= 4 is 0 Å². The first-order chi connectivity index (χ1) is 4.41. The number of hydroxylamine groups is 1. The quantitative estimate of drug-likeness (QED) is 0.450. The van der Waals surface area contributed by atoms with Crippen LogP contribution >= 0.6 is 0 Å². The van der Waals surface area contributed by atoms with E-state index in [1.807, 2.05) is 0 Å². The molecule has 0 amide bonds. The molecule has 2 N–H and O–H groups in total. The van der Waals surface area contributed by atoms with Gasteiger partial charge in [-0.1, -0.05) is 0 Å². The number of hydrogen-bond acceptors (Lipinski definition) is 4. The molecule has 2 heterocycles. The van der Waals surface area contributed by atoms with Crippen LogP contribution in [0.5, 0.6) is 0 Å². The fourth-order valence-corrected chi connectivity index (χ4v) is 1.21. The van der Waals surface area contributed by atoms with E-state index < -0.39 is 0 Å². The maximum atomic E-state index is 5.31. The maximum Gasteiger partial charge on any atom is 0.202 e. The summed E-state index contributed by atoms with van der Waals surface area (Å²) in [6, 6.07) is 0. The molecule has 0 bridgehead atoms. The van der Waals surface area contributed by atoms with Gasteiger partial charge < -0.3 is 10.1 Å². The second kappa shape index (κ2) is 1.91. The first-order valence-electron chi connectivity index (χ1n) is 3.17. The van der Waals surface area contributed by atoms with E-state index in [1.54, 1.807) is 0 Å². The average molecular weight is 130 g/mol. The van der Waals surface area contributed by atoms with Crippen molar-refractivity contribution in [3.63, 3.8) is 0 Å². The van der Waals surface area contributed by atoms with Gasteiger partial charge in [0.25, 0.3) is 0 Å². The van der Waals surface area contributed by atoms with E-state index in [1.165, 1.54) is 0 Å². The molecule has 4 heteroatoms. The third-order valence-electron chi connectivity index (χ3n) is 1.73. The molecule has 2 saturated heterocycles. The normalized spacial score (nSPS) is 42.7. The fourth-order valence-electron chi connectivity index (χ4n) is 1.21. The van der Waals surface area contributed by atoms with Crippen molar-refractivity contribution < 1.29 is 9.57 Å². The largest absolute Gasteiger partial charge is 0.330 e. The molecule has 0 aliphatic carbocycles. The molecule has 2 aliphatic heterocycles. The molecular weight excluding hydrogens is 120 g/mol. The van der Waals surface area contributed by atoms with E-state index in [9.17, 15) is 0 Å². The minimum Gasteiger partial charge on any atom is -0.330 e. The summed E-state index contributed by atoms with van der Waals surface area (Å²) in [6.45, 7) is 2.31. The molecule has 0 aromatic heterocycles. The van der Waals surface area contributed by atoms with Crippen molar-refractivity contribution in [2.75, 3.05) is 19.8 Å². The van der Waals surface area contributed by atoms with Gasteiger partial charge in [-0.15, -0.1) is 0 Å². The first kappa shape index (κ1) is 5.61.